The molecule has 0 radical (unpaired) electrons. The normalized spacial score (nSPS) is 10.7. The van der Waals surface area contributed by atoms with Crippen molar-refractivity contribution in [1.29, 1.82) is 0 Å². The molecule has 0 fully saturated rings. The number of hydrogen-bond acceptors (Lipinski definition) is 5. The first-order valence-electron chi connectivity index (χ1n) is 6.19. The number of rotatable bonds is 5. The molecule has 0 saturated carbocycles. The number of hydrogen-bond donors (Lipinski definition) is 1. The predicted molar refractivity (Wildman–Crippen MR) is 72.7 cm³/mol. The Morgan fingerprint density at radius 1 is 1.21 bits per heavy atom. The van der Waals surface area contributed by atoms with Crippen molar-refractivity contribution in [2.75, 3.05) is 11.9 Å². The van der Waals surface area contributed by atoms with Crippen LogP contribution in [0.4, 0.5) is 5.82 Å². The lowest BCUT2D eigenvalue weighted by Crippen LogP contribution is -2.08. The lowest BCUT2D eigenvalue weighted by molar-refractivity contribution is 0.591. The summed E-state index contributed by atoms with van der Waals surface area (Å²) in [6.45, 7) is 1.72. The molecule has 0 amide bonds. The van der Waals surface area contributed by atoms with Crippen LogP contribution in [0.15, 0.2) is 43.2 Å². The Morgan fingerprint density at radius 2 is 2.21 bits per heavy atom. The van der Waals surface area contributed by atoms with Crippen LogP contribution in [0.1, 0.15) is 6.42 Å². The van der Waals surface area contributed by atoms with E-state index >= 15 is 0 Å². The molecule has 0 saturated heterocycles. The van der Waals surface area contributed by atoms with Crippen LogP contribution in [0.5, 0.6) is 0 Å². The molecule has 0 bridgehead atoms. The largest absolute Gasteiger partial charge is 0.369 e. The van der Waals surface area contributed by atoms with E-state index in [9.17, 15) is 0 Å². The maximum atomic E-state index is 4.26. The van der Waals surface area contributed by atoms with Crippen LogP contribution in [-0.4, -0.2) is 31.3 Å². The number of aryl methyl sites for hydroxylation is 1. The summed E-state index contributed by atoms with van der Waals surface area (Å²) in [6.07, 6.45) is 9.81. The van der Waals surface area contributed by atoms with E-state index in [1.807, 2.05) is 23.0 Å². The zero-order valence-corrected chi connectivity index (χ0v) is 10.4. The number of nitrogens with one attached hydrogen (secondary N) is 1. The highest BCUT2D eigenvalue weighted by atomic mass is 15.3. The summed E-state index contributed by atoms with van der Waals surface area (Å²) in [5.74, 6) is 0.832. The van der Waals surface area contributed by atoms with E-state index < -0.39 is 0 Å². The molecule has 0 aliphatic rings. The van der Waals surface area contributed by atoms with Gasteiger partial charge in [0.05, 0.1) is 10.9 Å². The maximum Gasteiger partial charge on any atom is 0.138 e. The van der Waals surface area contributed by atoms with Crippen molar-refractivity contribution < 1.29 is 0 Å². The van der Waals surface area contributed by atoms with Crippen LogP contribution in [0, 0.1) is 0 Å². The lowest BCUT2D eigenvalue weighted by Gasteiger charge is -2.07. The molecule has 1 N–H and O–H groups in total. The second-order valence-electron chi connectivity index (χ2n) is 4.16. The summed E-state index contributed by atoms with van der Waals surface area (Å²) in [7, 11) is 0. The first-order valence-corrected chi connectivity index (χ1v) is 6.19. The zero-order valence-electron chi connectivity index (χ0n) is 10.4. The number of nitrogens with zero attached hydrogens (tertiary/aromatic N) is 5. The van der Waals surface area contributed by atoms with E-state index in [0.717, 1.165) is 36.2 Å². The van der Waals surface area contributed by atoms with Crippen LogP contribution in [-0.2, 0) is 6.54 Å². The molecule has 6 heteroatoms. The summed E-state index contributed by atoms with van der Waals surface area (Å²) in [6, 6.07) is 3.81. The maximum absolute atomic E-state index is 4.26. The van der Waals surface area contributed by atoms with Crippen molar-refractivity contribution in [3.05, 3.63) is 43.2 Å². The third-order valence-electron chi connectivity index (χ3n) is 2.85. The average Bonchev–Trinajstić information content (AvgIpc) is 2.97. The van der Waals surface area contributed by atoms with Crippen LogP contribution in [0.2, 0.25) is 0 Å². The minimum absolute atomic E-state index is 0.832. The summed E-state index contributed by atoms with van der Waals surface area (Å²) in [4.78, 5) is 12.6. The van der Waals surface area contributed by atoms with Crippen LogP contribution in [0.3, 0.4) is 0 Å². The molecule has 3 rings (SSSR count). The van der Waals surface area contributed by atoms with Crippen molar-refractivity contribution in [2.24, 2.45) is 0 Å². The van der Waals surface area contributed by atoms with Gasteiger partial charge in [0.15, 0.2) is 0 Å². The van der Waals surface area contributed by atoms with Crippen molar-refractivity contribution in [3.8, 4) is 0 Å². The van der Waals surface area contributed by atoms with Gasteiger partial charge in [0.2, 0.25) is 0 Å². The lowest BCUT2D eigenvalue weighted by atomic mass is 10.3. The standard InChI is InChI=1S/C13H14N6/c1(7-19-8-2-5-18-19)4-15-13-11-9-14-6-3-12(11)16-10-17-13/h2-3,5-6,8-10H,1,4,7H2,(H,15,16,17). The van der Waals surface area contributed by atoms with Crippen LogP contribution in [0.25, 0.3) is 10.9 Å². The molecule has 0 spiro atoms. The van der Waals surface area contributed by atoms with E-state index in [1.165, 1.54) is 0 Å². The molecular formula is C13H14N6. The Hall–Kier alpha value is -2.50. The summed E-state index contributed by atoms with van der Waals surface area (Å²) >= 11 is 0. The highest BCUT2D eigenvalue weighted by molar-refractivity contribution is 5.87. The summed E-state index contributed by atoms with van der Waals surface area (Å²) in [5, 5.41) is 8.43. The average molecular weight is 254 g/mol. The molecule has 0 aromatic carbocycles. The molecule has 6 nitrogen and oxygen atoms in total. The molecule has 0 aliphatic carbocycles. The molecule has 3 aromatic heterocycles. The van der Waals surface area contributed by atoms with Gasteiger partial charge in [0.1, 0.15) is 12.1 Å². The Bertz CT molecular complexity index is 644. The fourth-order valence-corrected chi connectivity index (χ4v) is 1.92. The van der Waals surface area contributed by atoms with Gasteiger partial charge in [-0.3, -0.25) is 9.67 Å². The minimum Gasteiger partial charge on any atom is -0.369 e. The zero-order chi connectivity index (χ0) is 12.9. The van der Waals surface area contributed by atoms with Crippen molar-refractivity contribution in [3.63, 3.8) is 0 Å². The van der Waals surface area contributed by atoms with Gasteiger partial charge < -0.3 is 5.32 Å². The van der Waals surface area contributed by atoms with Gasteiger partial charge in [-0.15, -0.1) is 0 Å². The molecular weight excluding hydrogens is 240 g/mol. The first-order chi connectivity index (χ1) is 9.43. The number of aromatic nitrogens is 5. The fourth-order valence-electron chi connectivity index (χ4n) is 1.92. The highest BCUT2D eigenvalue weighted by Crippen LogP contribution is 2.16. The Balaban J connectivity index is 1.62. The van der Waals surface area contributed by atoms with E-state index in [-0.39, 0.29) is 0 Å². The van der Waals surface area contributed by atoms with E-state index in [4.69, 9.17) is 0 Å². The Kier molecular flexibility index (Phi) is 3.31. The molecule has 0 aliphatic heterocycles. The van der Waals surface area contributed by atoms with Gasteiger partial charge in [-0.05, 0) is 18.6 Å². The Labute approximate surface area is 110 Å². The van der Waals surface area contributed by atoms with Crippen molar-refractivity contribution in [1.82, 2.24) is 24.7 Å². The topological polar surface area (TPSA) is 68.5 Å². The second-order valence-corrected chi connectivity index (χ2v) is 4.16. The molecule has 0 unspecified atom stereocenters. The highest BCUT2D eigenvalue weighted by Gasteiger charge is 2.02. The molecule has 3 heterocycles. The van der Waals surface area contributed by atoms with E-state index in [1.54, 1.807) is 24.9 Å². The number of fused-ring (bicyclic) bond motifs is 1. The monoisotopic (exact) mass is 254 g/mol. The second kappa shape index (κ2) is 5.43. The van der Waals surface area contributed by atoms with Gasteiger partial charge in [-0.25, -0.2) is 9.97 Å². The van der Waals surface area contributed by atoms with Gasteiger partial charge in [-0.1, -0.05) is 0 Å². The van der Waals surface area contributed by atoms with Crippen molar-refractivity contribution >= 4 is 16.7 Å². The molecule has 0 atom stereocenters. The van der Waals surface area contributed by atoms with Gasteiger partial charge in [-0.2, -0.15) is 5.10 Å². The number of anilines is 1. The summed E-state index contributed by atoms with van der Waals surface area (Å²) < 4.78 is 1.92. The van der Waals surface area contributed by atoms with E-state index in [2.05, 4.69) is 25.4 Å². The van der Waals surface area contributed by atoms with E-state index in [0.29, 0.717) is 0 Å². The third kappa shape index (κ3) is 2.67. The molecule has 3 aromatic rings. The summed E-state index contributed by atoms with van der Waals surface area (Å²) in [5.41, 5.74) is 0.902. The smallest absolute Gasteiger partial charge is 0.138 e. The molecule has 96 valence electrons. The fraction of sp³-hybridized carbons (Fsp3) is 0.231. The minimum atomic E-state index is 0.832. The van der Waals surface area contributed by atoms with Gasteiger partial charge in [0, 0.05) is 37.9 Å². The molecule has 19 heavy (non-hydrogen) atoms. The number of pyridine rings is 1. The van der Waals surface area contributed by atoms with Crippen LogP contribution >= 0.6 is 0 Å². The van der Waals surface area contributed by atoms with Gasteiger partial charge in [0.25, 0.3) is 0 Å². The quantitative estimate of drug-likeness (QED) is 0.702. The van der Waals surface area contributed by atoms with Gasteiger partial charge >= 0.3 is 0 Å². The SMILES string of the molecule is c1cnn(CCCNc2ncnc3ccncc23)c1. The first kappa shape index (κ1) is 11.6. The van der Waals surface area contributed by atoms with Crippen LogP contribution < -0.4 is 5.32 Å². The Morgan fingerprint density at radius 3 is 3.11 bits per heavy atom. The van der Waals surface area contributed by atoms with Crippen molar-refractivity contribution in [2.45, 2.75) is 13.0 Å². The third-order valence-corrected chi connectivity index (χ3v) is 2.85. The predicted octanol–water partition coefficient (Wildman–Crippen LogP) is 1.72.